The van der Waals surface area contributed by atoms with Crippen molar-refractivity contribution in [1.82, 2.24) is 29.6 Å². The number of urea groups is 1. The van der Waals surface area contributed by atoms with E-state index in [-0.39, 0.29) is 17.8 Å². The second-order valence-electron chi connectivity index (χ2n) is 9.52. The molecule has 0 atom stereocenters. The smallest absolute Gasteiger partial charge is 0.317 e. The van der Waals surface area contributed by atoms with E-state index in [2.05, 4.69) is 15.6 Å². The molecule has 2 aliphatic rings. The van der Waals surface area contributed by atoms with E-state index in [4.69, 9.17) is 9.97 Å². The Balaban J connectivity index is 1.18. The fourth-order valence-electron chi connectivity index (χ4n) is 5.19. The number of fused-ring (bicyclic) bond motifs is 1. The molecule has 1 aromatic carbocycles. The monoisotopic (exact) mass is 503 g/mol. The first kappa shape index (κ1) is 22.8. The average molecular weight is 504 g/mol. The third-order valence-electron chi connectivity index (χ3n) is 7.08. The van der Waals surface area contributed by atoms with Crippen LogP contribution in [-0.4, -0.2) is 60.6 Å². The molecule has 1 saturated carbocycles. The van der Waals surface area contributed by atoms with Crippen LogP contribution in [-0.2, 0) is 0 Å². The van der Waals surface area contributed by atoms with Gasteiger partial charge in [-0.2, -0.15) is 0 Å². The van der Waals surface area contributed by atoms with Gasteiger partial charge < -0.3 is 20.6 Å². The number of phenolic OH excluding ortho intramolecular Hbond substituents is 1. The number of carbonyl (C=O) groups is 1. The molecule has 1 aliphatic heterocycles. The van der Waals surface area contributed by atoms with Gasteiger partial charge in [-0.1, -0.05) is 25.0 Å². The van der Waals surface area contributed by atoms with Crippen molar-refractivity contribution in [2.75, 3.05) is 18.4 Å². The van der Waals surface area contributed by atoms with Gasteiger partial charge in [-0.3, -0.25) is 4.40 Å². The molecule has 2 fully saturated rings. The molecule has 186 valence electrons. The van der Waals surface area contributed by atoms with Gasteiger partial charge in [-0.05, 0) is 43.9 Å². The highest BCUT2D eigenvalue weighted by Crippen LogP contribution is 2.34. The summed E-state index contributed by atoms with van der Waals surface area (Å²) < 4.78 is 2.03. The van der Waals surface area contributed by atoms with E-state index >= 15 is 0 Å². The van der Waals surface area contributed by atoms with Crippen molar-refractivity contribution < 1.29 is 9.90 Å². The van der Waals surface area contributed by atoms with Crippen LogP contribution in [0, 0.1) is 0 Å². The van der Waals surface area contributed by atoms with Gasteiger partial charge in [0.2, 0.25) is 5.95 Å². The maximum atomic E-state index is 12.6. The lowest BCUT2D eigenvalue weighted by Gasteiger charge is -2.33. The van der Waals surface area contributed by atoms with Crippen LogP contribution in [0.2, 0.25) is 0 Å². The Kier molecular flexibility index (Phi) is 6.18. The topological polar surface area (TPSA) is 108 Å². The minimum atomic E-state index is 0.0681. The number of likely N-dealkylation sites (tertiary alicyclic amines) is 1. The molecule has 3 aromatic heterocycles. The van der Waals surface area contributed by atoms with Crippen LogP contribution in [0.15, 0.2) is 48.1 Å². The third kappa shape index (κ3) is 4.60. The first-order chi connectivity index (χ1) is 17.6. The number of nitrogens with one attached hydrogen (secondary N) is 2. The molecule has 36 heavy (non-hydrogen) atoms. The number of hydrogen-bond acceptors (Lipinski definition) is 7. The molecule has 3 N–H and O–H groups in total. The third-order valence-corrected chi connectivity index (χ3v) is 7.83. The second kappa shape index (κ2) is 9.77. The lowest BCUT2D eigenvalue weighted by Crippen LogP contribution is -2.49. The summed E-state index contributed by atoms with van der Waals surface area (Å²) in [6.07, 6.45) is 10.1. The summed E-state index contributed by atoms with van der Waals surface area (Å²) in [7, 11) is 0. The number of amides is 2. The summed E-state index contributed by atoms with van der Waals surface area (Å²) >= 11 is 1.55. The van der Waals surface area contributed by atoms with Gasteiger partial charge in [0.25, 0.3) is 0 Å². The van der Waals surface area contributed by atoms with Crippen LogP contribution in [0.3, 0.4) is 0 Å². The Hall–Kier alpha value is -3.66. The molecule has 0 bridgehead atoms. The average Bonchev–Trinajstić information content (AvgIpc) is 3.63. The van der Waals surface area contributed by atoms with Crippen LogP contribution in [0.4, 0.5) is 10.7 Å². The van der Waals surface area contributed by atoms with Crippen molar-refractivity contribution in [3.05, 3.63) is 48.1 Å². The predicted octanol–water partition coefficient (Wildman–Crippen LogP) is 4.75. The quantitative estimate of drug-likeness (QED) is 0.363. The Morgan fingerprint density at radius 2 is 1.89 bits per heavy atom. The zero-order valence-corrected chi connectivity index (χ0v) is 20.7. The molecular formula is C26H29N7O2S. The van der Waals surface area contributed by atoms with Gasteiger partial charge in [0, 0.05) is 48.5 Å². The number of piperidine rings is 1. The van der Waals surface area contributed by atoms with E-state index in [1.807, 2.05) is 39.1 Å². The molecule has 10 heteroatoms. The summed E-state index contributed by atoms with van der Waals surface area (Å²) in [6.45, 7) is 1.44. The highest BCUT2D eigenvalue weighted by Gasteiger charge is 2.26. The summed E-state index contributed by atoms with van der Waals surface area (Å²) in [5.74, 6) is 0.761. The summed E-state index contributed by atoms with van der Waals surface area (Å²) in [5.41, 5.74) is 3.21. The minimum Gasteiger partial charge on any atom is -0.508 e. The van der Waals surface area contributed by atoms with Gasteiger partial charge >= 0.3 is 6.03 Å². The molecule has 1 aliphatic carbocycles. The molecule has 2 amide bonds. The number of hydrogen-bond donors (Lipinski definition) is 3. The number of benzene rings is 1. The van der Waals surface area contributed by atoms with Crippen molar-refractivity contribution >= 4 is 28.3 Å². The van der Waals surface area contributed by atoms with E-state index in [0.717, 1.165) is 66.4 Å². The predicted molar refractivity (Wildman–Crippen MR) is 140 cm³/mol. The fraction of sp³-hybridized carbons (Fsp3) is 0.385. The van der Waals surface area contributed by atoms with Crippen molar-refractivity contribution in [3.63, 3.8) is 0 Å². The zero-order chi connectivity index (χ0) is 24.5. The summed E-state index contributed by atoms with van der Waals surface area (Å²) in [4.78, 5) is 29.5. The number of imidazole rings is 1. The first-order valence-corrected chi connectivity index (χ1v) is 13.4. The number of nitrogens with zero attached hydrogens (tertiary/aromatic N) is 5. The fourth-order valence-corrected chi connectivity index (χ4v) is 5.90. The number of aromatic nitrogens is 4. The first-order valence-electron chi connectivity index (χ1n) is 12.5. The van der Waals surface area contributed by atoms with Gasteiger partial charge in [0.1, 0.15) is 11.4 Å². The highest BCUT2D eigenvalue weighted by molar-refractivity contribution is 7.15. The molecule has 0 spiro atoms. The molecular weight excluding hydrogens is 474 g/mol. The maximum absolute atomic E-state index is 12.6. The van der Waals surface area contributed by atoms with Gasteiger partial charge in [-0.25, -0.2) is 19.7 Å². The number of thiazole rings is 1. The normalized spacial score (nSPS) is 17.1. The van der Waals surface area contributed by atoms with Gasteiger partial charge in [-0.15, -0.1) is 11.3 Å². The largest absolute Gasteiger partial charge is 0.508 e. The van der Waals surface area contributed by atoms with Gasteiger partial charge in [0.15, 0.2) is 4.96 Å². The van der Waals surface area contributed by atoms with Crippen LogP contribution in [0.25, 0.3) is 27.6 Å². The Morgan fingerprint density at radius 3 is 2.69 bits per heavy atom. The zero-order valence-electron chi connectivity index (χ0n) is 19.9. The summed E-state index contributed by atoms with van der Waals surface area (Å²) in [5, 5.41) is 18.7. The number of aromatic hydroxyl groups is 1. The van der Waals surface area contributed by atoms with Crippen molar-refractivity contribution in [2.45, 2.75) is 50.6 Å². The lowest BCUT2D eigenvalue weighted by molar-refractivity contribution is 0.180. The standard InChI is InChI=1S/C26H29N7O2S/c34-20-7-3-4-17(16-20)22-23(33-14-15-36-26(33)31-22)21-8-11-27-24(30-21)28-19-9-12-32(13-10-19)25(35)29-18-5-1-2-6-18/h3-4,7-8,11,14-16,18-19,34H,1-2,5-6,9-10,12-13H2,(H,29,35)(H,27,28,30). The molecule has 6 rings (SSSR count). The number of rotatable bonds is 5. The van der Waals surface area contributed by atoms with E-state index in [0.29, 0.717) is 12.0 Å². The molecule has 4 heterocycles. The summed E-state index contributed by atoms with van der Waals surface area (Å²) in [6, 6.07) is 9.61. The van der Waals surface area contributed by atoms with E-state index in [9.17, 15) is 9.90 Å². The highest BCUT2D eigenvalue weighted by atomic mass is 32.1. The van der Waals surface area contributed by atoms with Crippen molar-refractivity contribution in [2.24, 2.45) is 0 Å². The Labute approximate surface area is 213 Å². The number of carbonyl (C=O) groups excluding carboxylic acids is 1. The second-order valence-corrected chi connectivity index (χ2v) is 10.4. The Bertz CT molecular complexity index is 1370. The molecule has 0 radical (unpaired) electrons. The SMILES string of the molecule is O=C(NC1CCCC1)N1CCC(Nc2nccc(-c3c(-c4cccc(O)c4)nc4sccn34)n2)CC1. The van der Waals surface area contributed by atoms with Crippen LogP contribution < -0.4 is 10.6 Å². The Morgan fingerprint density at radius 1 is 1.06 bits per heavy atom. The molecule has 0 unspecified atom stereocenters. The molecule has 1 saturated heterocycles. The van der Waals surface area contributed by atoms with Crippen LogP contribution in [0.5, 0.6) is 5.75 Å². The van der Waals surface area contributed by atoms with E-state index in [1.54, 1.807) is 29.7 Å². The van der Waals surface area contributed by atoms with E-state index in [1.165, 1.54) is 12.8 Å². The van der Waals surface area contributed by atoms with Crippen LogP contribution in [0.1, 0.15) is 38.5 Å². The van der Waals surface area contributed by atoms with E-state index < -0.39 is 0 Å². The van der Waals surface area contributed by atoms with Crippen molar-refractivity contribution in [1.29, 1.82) is 0 Å². The molecule has 9 nitrogen and oxygen atoms in total. The number of phenols is 1. The lowest BCUT2D eigenvalue weighted by atomic mass is 10.1. The van der Waals surface area contributed by atoms with Crippen molar-refractivity contribution in [3.8, 4) is 28.4 Å². The molecule has 4 aromatic rings. The van der Waals surface area contributed by atoms with Crippen LogP contribution >= 0.6 is 11.3 Å². The van der Waals surface area contributed by atoms with Gasteiger partial charge in [0.05, 0.1) is 11.4 Å². The minimum absolute atomic E-state index is 0.0681. The number of anilines is 1. The maximum Gasteiger partial charge on any atom is 0.317 e.